The molecule has 0 radical (unpaired) electrons. The van der Waals surface area contributed by atoms with E-state index in [1.54, 1.807) is 6.07 Å². The first-order chi connectivity index (χ1) is 11.4. The number of carbonyl (C=O) groups is 2. The molecule has 0 aliphatic heterocycles. The molecule has 0 bridgehead atoms. The molecule has 134 valence electrons. The van der Waals surface area contributed by atoms with Crippen LogP contribution in [0.2, 0.25) is 10.0 Å². The van der Waals surface area contributed by atoms with Crippen molar-refractivity contribution in [3.05, 3.63) is 28.2 Å². The quantitative estimate of drug-likeness (QED) is 0.304. The van der Waals surface area contributed by atoms with Crippen LogP contribution in [0, 0.1) is 0 Å². The molecule has 0 aliphatic carbocycles. The lowest BCUT2D eigenvalue weighted by atomic mass is 10.1. The van der Waals surface area contributed by atoms with Crippen molar-refractivity contribution >= 4 is 35.1 Å². The van der Waals surface area contributed by atoms with E-state index in [0.717, 1.165) is 25.7 Å². The first kappa shape index (κ1) is 20.8. The Labute approximate surface area is 153 Å². The molecule has 1 atom stereocenters. The van der Waals surface area contributed by atoms with Crippen LogP contribution in [-0.2, 0) is 14.3 Å². The van der Waals surface area contributed by atoms with Crippen molar-refractivity contribution in [3.63, 3.8) is 0 Å². The van der Waals surface area contributed by atoms with Crippen molar-refractivity contribution in [2.45, 2.75) is 64.9 Å². The van der Waals surface area contributed by atoms with Gasteiger partial charge in [-0.2, -0.15) is 0 Å². The third-order valence-electron chi connectivity index (χ3n) is 3.38. The zero-order chi connectivity index (χ0) is 17.9. The SMILES string of the molecule is CCCCCC(C)OC(=O)CCCC(=O)Oc1cc(Cl)cc(Cl)c1. The Morgan fingerprint density at radius 2 is 1.62 bits per heavy atom. The maximum atomic E-state index is 11.8. The van der Waals surface area contributed by atoms with Crippen molar-refractivity contribution < 1.29 is 19.1 Å². The Bertz CT molecular complexity index is 526. The topological polar surface area (TPSA) is 52.6 Å². The number of unbranched alkanes of at least 4 members (excludes halogenated alkanes) is 2. The lowest BCUT2D eigenvalue weighted by molar-refractivity contribution is -0.148. The molecular formula is C18H24Cl2O4. The molecule has 4 nitrogen and oxygen atoms in total. The smallest absolute Gasteiger partial charge is 0.311 e. The summed E-state index contributed by atoms with van der Waals surface area (Å²) in [4.78, 5) is 23.5. The molecule has 0 saturated heterocycles. The fourth-order valence-corrected chi connectivity index (χ4v) is 2.68. The number of halogens is 2. The second-order valence-electron chi connectivity index (χ2n) is 5.73. The van der Waals surface area contributed by atoms with Gasteiger partial charge in [-0.25, -0.2) is 0 Å². The number of ether oxygens (including phenoxy) is 2. The molecule has 0 aliphatic rings. The van der Waals surface area contributed by atoms with E-state index < -0.39 is 5.97 Å². The van der Waals surface area contributed by atoms with Gasteiger partial charge in [0, 0.05) is 22.9 Å². The van der Waals surface area contributed by atoms with Crippen LogP contribution in [0.5, 0.6) is 5.75 Å². The second-order valence-corrected chi connectivity index (χ2v) is 6.60. The Kier molecular flexibility index (Phi) is 9.80. The Morgan fingerprint density at radius 1 is 1.00 bits per heavy atom. The Morgan fingerprint density at radius 3 is 2.25 bits per heavy atom. The molecule has 0 fully saturated rings. The molecule has 1 rings (SSSR count). The number of benzene rings is 1. The first-order valence-corrected chi connectivity index (χ1v) is 9.02. The van der Waals surface area contributed by atoms with Crippen LogP contribution >= 0.6 is 23.2 Å². The number of hydrogen-bond donors (Lipinski definition) is 0. The van der Waals surface area contributed by atoms with Crippen LogP contribution < -0.4 is 4.74 Å². The van der Waals surface area contributed by atoms with Gasteiger partial charge >= 0.3 is 11.9 Å². The zero-order valence-corrected chi connectivity index (χ0v) is 15.7. The van der Waals surface area contributed by atoms with Gasteiger partial charge in [-0.15, -0.1) is 0 Å². The van der Waals surface area contributed by atoms with Crippen LogP contribution in [0.4, 0.5) is 0 Å². The van der Waals surface area contributed by atoms with Crippen molar-refractivity contribution in [1.82, 2.24) is 0 Å². The number of esters is 2. The van der Waals surface area contributed by atoms with Gasteiger partial charge in [-0.3, -0.25) is 9.59 Å². The summed E-state index contributed by atoms with van der Waals surface area (Å²) in [6, 6.07) is 4.58. The highest BCUT2D eigenvalue weighted by molar-refractivity contribution is 6.34. The molecule has 0 amide bonds. The highest BCUT2D eigenvalue weighted by atomic mass is 35.5. The van der Waals surface area contributed by atoms with Crippen molar-refractivity contribution in [2.75, 3.05) is 0 Å². The van der Waals surface area contributed by atoms with Crippen LogP contribution in [0.3, 0.4) is 0 Å². The number of carbonyl (C=O) groups excluding carboxylic acids is 2. The summed E-state index contributed by atoms with van der Waals surface area (Å²) in [7, 11) is 0. The normalized spacial score (nSPS) is 11.8. The van der Waals surface area contributed by atoms with E-state index in [9.17, 15) is 9.59 Å². The van der Waals surface area contributed by atoms with E-state index in [0.29, 0.717) is 22.2 Å². The Hall–Kier alpha value is -1.26. The fraction of sp³-hybridized carbons (Fsp3) is 0.556. The van der Waals surface area contributed by atoms with E-state index in [1.807, 2.05) is 6.92 Å². The summed E-state index contributed by atoms with van der Waals surface area (Å²) < 4.78 is 10.4. The van der Waals surface area contributed by atoms with E-state index in [2.05, 4.69) is 6.92 Å². The minimum atomic E-state index is -0.433. The lowest BCUT2D eigenvalue weighted by Gasteiger charge is -2.12. The number of rotatable bonds is 10. The predicted molar refractivity (Wildman–Crippen MR) is 95.6 cm³/mol. The summed E-state index contributed by atoms with van der Waals surface area (Å²) in [5, 5.41) is 0.789. The van der Waals surface area contributed by atoms with Crippen molar-refractivity contribution in [1.29, 1.82) is 0 Å². The molecule has 0 N–H and O–H groups in total. The first-order valence-electron chi connectivity index (χ1n) is 8.27. The summed E-state index contributed by atoms with van der Waals surface area (Å²) in [6.07, 6.45) is 4.84. The highest BCUT2D eigenvalue weighted by Crippen LogP contribution is 2.24. The molecule has 0 aromatic heterocycles. The van der Waals surface area contributed by atoms with Gasteiger partial charge in [-0.05, 0) is 44.4 Å². The molecule has 6 heteroatoms. The summed E-state index contributed by atoms with van der Waals surface area (Å²) in [5.74, 6) is -0.417. The van der Waals surface area contributed by atoms with Gasteiger partial charge in [0.2, 0.25) is 0 Å². The van der Waals surface area contributed by atoms with Crippen LogP contribution in [0.1, 0.15) is 58.8 Å². The van der Waals surface area contributed by atoms with Crippen LogP contribution in [0.25, 0.3) is 0 Å². The minimum Gasteiger partial charge on any atom is -0.463 e. The standard InChI is InChI=1S/C18H24Cl2O4/c1-3-4-5-7-13(2)23-17(21)8-6-9-18(22)24-16-11-14(19)10-15(20)12-16/h10-13H,3-9H2,1-2H3. The molecular weight excluding hydrogens is 351 g/mol. The summed E-state index contributed by atoms with van der Waals surface area (Å²) >= 11 is 11.7. The average Bonchev–Trinajstić information content (AvgIpc) is 2.46. The van der Waals surface area contributed by atoms with E-state index in [1.165, 1.54) is 12.1 Å². The molecule has 0 spiro atoms. The second kappa shape index (κ2) is 11.3. The third kappa shape index (κ3) is 9.14. The molecule has 1 aromatic rings. The lowest BCUT2D eigenvalue weighted by Crippen LogP contribution is -2.15. The van der Waals surface area contributed by atoms with Gasteiger partial charge in [0.1, 0.15) is 5.75 Å². The van der Waals surface area contributed by atoms with Crippen LogP contribution in [0.15, 0.2) is 18.2 Å². The van der Waals surface area contributed by atoms with Crippen molar-refractivity contribution in [2.24, 2.45) is 0 Å². The monoisotopic (exact) mass is 374 g/mol. The van der Waals surface area contributed by atoms with Crippen molar-refractivity contribution in [3.8, 4) is 5.75 Å². The van der Waals surface area contributed by atoms with Gasteiger partial charge in [0.05, 0.1) is 6.10 Å². The van der Waals surface area contributed by atoms with E-state index in [4.69, 9.17) is 32.7 Å². The minimum absolute atomic E-state index is 0.0791. The molecule has 0 heterocycles. The molecule has 1 aromatic carbocycles. The van der Waals surface area contributed by atoms with Crippen LogP contribution in [-0.4, -0.2) is 18.0 Å². The largest absolute Gasteiger partial charge is 0.463 e. The number of hydrogen-bond acceptors (Lipinski definition) is 4. The highest BCUT2D eigenvalue weighted by Gasteiger charge is 2.12. The molecule has 24 heavy (non-hydrogen) atoms. The maximum absolute atomic E-state index is 11.8. The van der Waals surface area contributed by atoms with E-state index in [-0.39, 0.29) is 24.9 Å². The van der Waals surface area contributed by atoms with Gasteiger partial charge in [0.15, 0.2) is 0 Å². The molecule has 0 saturated carbocycles. The maximum Gasteiger partial charge on any atom is 0.311 e. The van der Waals surface area contributed by atoms with Gasteiger partial charge < -0.3 is 9.47 Å². The third-order valence-corrected chi connectivity index (χ3v) is 3.81. The van der Waals surface area contributed by atoms with Gasteiger partial charge in [0.25, 0.3) is 0 Å². The summed E-state index contributed by atoms with van der Waals surface area (Å²) in [5.41, 5.74) is 0. The fourth-order valence-electron chi connectivity index (χ4n) is 2.17. The average molecular weight is 375 g/mol. The Balaban J connectivity index is 2.23. The van der Waals surface area contributed by atoms with Gasteiger partial charge in [-0.1, -0.05) is 43.0 Å². The summed E-state index contributed by atoms with van der Waals surface area (Å²) in [6.45, 7) is 4.03. The van der Waals surface area contributed by atoms with E-state index >= 15 is 0 Å². The predicted octanol–water partition coefficient (Wildman–Crippen LogP) is 5.58. The zero-order valence-electron chi connectivity index (χ0n) is 14.1. The molecule has 1 unspecified atom stereocenters.